The fraction of sp³-hybridized carbons (Fsp3) is 0.200. The Morgan fingerprint density at radius 2 is 1.68 bits per heavy atom. The highest BCUT2D eigenvalue weighted by atomic mass is 79.9. The Bertz CT molecular complexity index is 572. The Hall–Kier alpha value is -1.42. The molecule has 19 heavy (non-hydrogen) atoms. The van der Waals surface area contributed by atoms with Crippen molar-refractivity contribution in [2.45, 2.75) is 12.3 Å². The molecule has 0 saturated heterocycles. The fourth-order valence-electron chi connectivity index (χ4n) is 2.09. The van der Waals surface area contributed by atoms with Gasteiger partial charge in [0.2, 0.25) is 0 Å². The van der Waals surface area contributed by atoms with Crippen LogP contribution in [-0.2, 0) is 5.33 Å². The SMILES string of the molecule is CCN(c1ccccc1F)c1c(F)cccc1CBr. The van der Waals surface area contributed by atoms with Crippen LogP contribution in [0.4, 0.5) is 20.2 Å². The van der Waals surface area contributed by atoms with Crippen molar-refractivity contribution >= 4 is 27.3 Å². The second-order valence-corrected chi connectivity index (χ2v) is 4.64. The summed E-state index contributed by atoms with van der Waals surface area (Å²) in [6.07, 6.45) is 0. The monoisotopic (exact) mass is 325 g/mol. The van der Waals surface area contributed by atoms with Crippen LogP contribution in [0.15, 0.2) is 42.5 Å². The molecule has 2 rings (SSSR count). The Morgan fingerprint density at radius 1 is 1.00 bits per heavy atom. The van der Waals surface area contributed by atoms with Crippen LogP contribution in [0.2, 0.25) is 0 Å². The average Bonchev–Trinajstić information content (AvgIpc) is 2.43. The number of rotatable bonds is 4. The molecule has 0 unspecified atom stereocenters. The van der Waals surface area contributed by atoms with Gasteiger partial charge in [-0.05, 0) is 30.7 Å². The molecule has 0 aliphatic rings. The molecule has 0 N–H and O–H groups in total. The minimum absolute atomic E-state index is 0.345. The number of nitrogens with zero attached hydrogens (tertiary/aromatic N) is 1. The van der Waals surface area contributed by atoms with Crippen molar-refractivity contribution in [2.75, 3.05) is 11.4 Å². The zero-order chi connectivity index (χ0) is 13.8. The van der Waals surface area contributed by atoms with E-state index in [9.17, 15) is 8.78 Å². The van der Waals surface area contributed by atoms with Crippen LogP contribution in [0.1, 0.15) is 12.5 Å². The first kappa shape index (κ1) is 14.0. The molecule has 4 heteroatoms. The zero-order valence-electron chi connectivity index (χ0n) is 10.5. The van der Waals surface area contributed by atoms with Gasteiger partial charge in [0, 0.05) is 11.9 Å². The zero-order valence-corrected chi connectivity index (χ0v) is 12.1. The van der Waals surface area contributed by atoms with Crippen LogP contribution in [0.25, 0.3) is 0 Å². The summed E-state index contributed by atoms with van der Waals surface area (Å²) in [4.78, 5) is 1.65. The van der Waals surface area contributed by atoms with E-state index in [1.54, 1.807) is 29.2 Å². The van der Waals surface area contributed by atoms with E-state index in [2.05, 4.69) is 15.9 Å². The average molecular weight is 326 g/mol. The summed E-state index contributed by atoms with van der Waals surface area (Å²) in [6, 6.07) is 11.3. The van der Waals surface area contributed by atoms with Crippen molar-refractivity contribution in [1.82, 2.24) is 0 Å². The first-order valence-corrected chi connectivity index (χ1v) is 7.16. The Balaban J connectivity index is 2.58. The highest BCUT2D eigenvalue weighted by Crippen LogP contribution is 2.33. The molecule has 100 valence electrons. The topological polar surface area (TPSA) is 3.24 Å². The second kappa shape index (κ2) is 6.15. The first-order chi connectivity index (χ1) is 9.19. The van der Waals surface area contributed by atoms with Crippen molar-refractivity contribution in [1.29, 1.82) is 0 Å². The van der Waals surface area contributed by atoms with Gasteiger partial charge in [-0.1, -0.05) is 40.2 Å². The lowest BCUT2D eigenvalue weighted by atomic mass is 10.1. The van der Waals surface area contributed by atoms with Gasteiger partial charge in [-0.3, -0.25) is 0 Å². The third kappa shape index (κ3) is 2.78. The number of hydrogen-bond acceptors (Lipinski definition) is 1. The summed E-state index contributed by atoms with van der Waals surface area (Å²) in [7, 11) is 0. The van der Waals surface area contributed by atoms with Crippen LogP contribution in [-0.4, -0.2) is 6.54 Å². The highest BCUT2D eigenvalue weighted by Gasteiger charge is 2.18. The first-order valence-electron chi connectivity index (χ1n) is 6.04. The predicted molar refractivity (Wildman–Crippen MR) is 78.1 cm³/mol. The number of benzene rings is 2. The summed E-state index contributed by atoms with van der Waals surface area (Å²) < 4.78 is 28.0. The summed E-state index contributed by atoms with van der Waals surface area (Å²) in [5, 5.41) is 0.519. The molecular weight excluding hydrogens is 312 g/mol. The minimum Gasteiger partial charge on any atom is -0.337 e. The standard InChI is InChI=1S/C15H14BrF2N/c1-2-19(14-9-4-3-7-12(14)17)15-11(10-16)6-5-8-13(15)18/h3-9H,2,10H2,1H3. The van der Waals surface area contributed by atoms with Crippen LogP contribution in [0.3, 0.4) is 0 Å². The summed E-state index contributed by atoms with van der Waals surface area (Å²) in [5.74, 6) is -0.699. The van der Waals surface area contributed by atoms with E-state index in [0.29, 0.717) is 23.2 Å². The van der Waals surface area contributed by atoms with Crippen molar-refractivity contribution in [3.05, 3.63) is 59.7 Å². The largest absolute Gasteiger partial charge is 0.337 e. The van der Waals surface area contributed by atoms with Gasteiger partial charge >= 0.3 is 0 Å². The third-order valence-corrected chi connectivity index (χ3v) is 3.55. The summed E-state index contributed by atoms with van der Waals surface area (Å²) in [6.45, 7) is 2.36. The molecule has 0 atom stereocenters. The van der Waals surface area contributed by atoms with Crippen LogP contribution in [0.5, 0.6) is 0 Å². The molecule has 0 bridgehead atoms. The molecule has 0 amide bonds. The lowest BCUT2D eigenvalue weighted by Crippen LogP contribution is -2.20. The van der Waals surface area contributed by atoms with Crippen molar-refractivity contribution in [3.8, 4) is 0 Å². The molecule has 0 aliphatic carbocycles. The molecule has 0 spiro atoms. The van der Waals surface area contributed by atoms with Gasteiger partial charge < -0.3 is 4.90 Å². The van der Waals surface area contributed by atoms with Gasteiger partial charge in [0.1, 0.15) is 11.6 Å². The maximum absolute atomic E-state index is 14.1. The van der Waals surface area contributed by atoms with Crippen molar-refractivity contribution in [2.24, 2.45) is 0 Å². The van der Waals surface area contributed by atoms with Crippen LogP contribution >= 0.6 is 15.9 Å². The number of halogens is 3. The summed E-state index contributed by atoms with van der Waals surface area (Å²) >= 11 is 3.34. The lowest BCUT2D eigenvalue weighted by Gasteiger charge is -2.26. The van der Waals surface area contributed by atoms with Gasteiger partial charge in [0.15, 0.2) is 0 Å². The molecule has 0 aromatic heterocycles. The van der Waals surface area contributed by atoms with E-state index in [1.165, 1.54) is 12.1 Å². The Kier molecular flexibility index (Phi) is 4.53. The Labute approximate surface area is 120 Å². The predicted octanol–water partition coefficient (Wildman–Crippen LogP) is 5.02. The van der Waals surface area contributed by atoms with Gasteiger partial charge in [-0.25, -0.2) is 8.78 Å². The fourth-order valence-corrected chi connectivity index (χ4v) is 2.54. The summed E-state index contributed by atoms with van der Waals surface area (Å²) in [5.41, 5.74) is 1.61. The molecule has 0 heterocycles. The van der Waals surface area contributed by atoms with E-state index in [4.69, 9.17) is 0 Å². The normalized spacial score (nSPS) is 10.5. The van der Waals surface area contributed by atoms with E-state index in [-0.39, 0.29) is 11.6 Å². The molecule has 2 aromatic rings. The van der Waals surface area contributed by atoms with Gasteiger partial charge in [0.05, 0.1) is 11.4 Å². The number of hydrogen-bond donors (Lipinski definition) is 0. The van der Waals surface area contributed by atoms with Gasteiger partial charge in [0.25, 0.3) is 0 Å². The number of anilines is 2. The minimum atomic E-state index is -0.354. The maximum atomic E-state index is 14.1. The van der Waals surface area contributed by atoms with E-state index >= 15 is 0 Å². The van der Waals surface area contributed by atoms with Crippen molar-refractivity contribution in [3.63, 3.8) is 0 Å². The molecule has 1 nitrogen and oxygen atoms in total. The molecular formula is C15H14BrF2N. The van der Waals surface area contributed by atoms with E-state index < -0.39 is 0 Å². The highest BCUT2D eigenvalue weighted by molar-refractivity contribution is 9.08. The third-order valence-electron chi connectivity index (χ3n) is 2.94. The number of para-hydroxylation sites is 2. The quantitative estimate of drug-likeness (QED) is 0.713. The molecule has 0 aliphatic heterocycles. The van der Waals surface area contributed by atoms with Gasteiger partial charge in [-0.15, -0.1) is 0 Å². The van der Waals surface area contributed by atoms with E-state index in [0.717, 1.165) is 5.56 Å². The van der Waals surface area contributed by atoms with Crippen LogP contribution in [0, 0.1) is 11.6 Å². The molecule has 0 fully saturated rings. The van der Waals surface area contributed by atoms with E-state index in [1.807, 2.05) is 13.0 Å². The molecule has 0 radical (unpaired) electrons. The van der Waals surface area contributed by atoms with Gasteiger partial charge in [-0.2, -0.15) is 0 Å². The second-order valence-electron chi connectivity index (χ2n) is 4.08. The van der Waals surface area contributed by atoms with Crippen LogP contribution < -0.4 is 4.90 Å². The smallest absolute Gasteiger partial charge is 0.147 e. The molecule has 0 saturated carbocycles. The maximum Gasteiger partial charge on any atom is 0.147 e. The lowest BCUT2D eigenvalue weighted by molar-refractivity contribution is 0.613. The molecule has 2 aromatic carbocycles. The Morgan fingerprint density at radius 3 is 2.32 bits per heavy atom. The van der Waals surface area contributed by atoms with Crippen molar-refractivity contribution < 1.29 is 8.78 Å². The number of alkyl halides is 1.